The molecule has 8 heteroatoms. The van der Waals surface area contributed by atoms with Gasteiger partial charge in [0.1, 0.15) is 0 Å². The van der Waals surface area contributed by atoms with Crippen LogP contribution in [0.15, 0.2) is 72.8 Å². The topological polar surface area (TPSA) is 76.4 Å². The second-order valence-electron chi connectivity index (χ2n) is 6.53. The summed E-state index contributed by atoms with van der Waals surface area (Å²) in [6.07, 6.45) is 0. The number of thiocarbonyl (C=S) groups is 1. The molecular formula is C22H20ClN3O3S. The molecule has 154 valence electrons. The van der Waals surface area contributed by atoms with Gasteiger partial charge < -0.3 is 15.4 Å². The molecule has 6 nitrogen and oxygen atoms in total. The van der Waals surface area contributed by atoms with E-state index >= 15 is 0 Å². The summed E-state index contributed by atoms with van der Waals surface area (Å²) in [5.74, 6) is 0. The lowest BCUT2D eigenvalue weighted by atomic mass is 10.1. The molecule has 30 heavy (non-hydrogen) atoms. The summed E-state index contributed by atoms with van der Waals surface area (Å²) >= 11 is 11.4. The second-order valence-corrected chi connectivity index (χ2v) is 7.34. The Labute approximate surface area is 185 Å². The van der Waals surface area contributed by atoms with E-state index in [1.165, 1.54) is 18.2 Å². The molecule has 0 aliphatic carbocycles. The number of nitro benzene ring substituents is 1. The van der Waals surface area contributed by atoms with Crippen LogP contribution >= 0.6 is 23.8 Å². The first kappa shape index (κ1) is 21.7. The minimum absolute atomic E-state index is 0.0621. The number of nitrogens with one attached hydrogen (secondary N) is 2. The summed E-state index contributed by atoms with van der Waals surface area (Å²) in [7, 11) is 0. The molecule has 0 aliphatic rings. The fraction of sp³-hybridized carbons (Fsp3) is 0.136. The van der Waals surface area contributed by atoms with Crippen LogP contribution in [-0.2, 0) is 24.5 Å². The monoisotopic (exact) mass is 441 g/mol. The van der Waals surface area contributed by atoms with Crippen molar-refractivity contribution in [3.8, 4) is 0 Å². The number of benzene rings is 3. The Morgan fingerprint density at radius 3 is 2.43 bits per heavy atom. The van der Waals surface area contributed by atoms with E-state index in [0.717, 1.165) is 16.7 Å². The lowest BCUT2D eigenvalue weighted by molar-refractivity contribution is -0.384. The molecule has 0 spiro atoms. The normalized spacial score (nSPS) is 10.4. The van der Waals surface area contributed by atoms with Crippen molar-refractivity contribution in [2.45, 2.75) is 19.8 Å². The fourth-order valence-corrected chi connectivity index (χ4v) is 3.11. The van der Waals surface area contributed by atoms with Gasteiger partial charge in [0.05, 0.1) is 28.8 Å². The standard InChI is InChI=1S/C22H20ClN3O3S/c23-20-10-9-19(26(27)28)12-21(20)25-22(30)24-13-17-7-4-8-18(11-17)15-29-14-16-5-2-1-3-6-16/h1-12H,13-15H2,(H2,24,25,30). The van der Waals surface area contributed by atoms with E-state index in [1.54, 1.807) is 0 Å². The third kappa shape index (κ3) is 6.52. The quantitative estimate of drug-likeness (QED) is 0.275. The summed E-state index contributed by atoms with van der Waals surface area (Å²) in [6.45, 7) is 1.56. The number of hydrogen-bond donors (Lipinski definition) is 2. The molecule has 0 unspecified atom stereocenters. The molecule has 0 bridgehead atoms. The molecule has 0 amide bonds. The Hall–Kier alpha value is -3.00. The molecule has 0 heterocycles. The molecule has 0 aromatic heterocycles. The average Bonchev–Trinajstić information content (AvgIpc) is 2.75. The highest BCUT2D eigenvalue weighted by molar-refractivity contribution is 7.80. The molecular weight excluding hydrogens is 422 g/mol. The van der Waals surface area contributed by atoms with Gasteiger partial charge in [0.15, 0.2) is 5.11 Å². The zero-order chi connectivity index (χ0) is 21.3. The van der Waals surface area contributed by atoms with Crippen LogP contribution in [0, 0.1) is 10.1 Å². The van der Waals surface area contributed by atoms with Gasteiger partial charge >= 0.3 is 0 Å². The van der Waals surface area contributed by atoms with Gasteiger partial charge in [0.25, 0.3) is 5.69 Å². The van der Waals surface area contributed by atoms with Crippen LogP contribution in [0.2, 0.25) is 5.02 Å². The van der Waals surface area contributed by atoms with Gasteiger partial charge in [-0.05, 0) is 35.0 Å². The van der Waals surface area contributed by atoms with E-state index in [4.69, 9.17) is 28.6 Å². The zero-order valence-electron chi connectivity index (χ0n) is 16.0. The van der Waals surface area contributed by atoms with Crippen LogP contribution < -0.4 is 10.6 Å². The molecule has 0 radical (unpaired) electrons. The number of nitro groups is 1. The smallest absolute Gasteiger partial charge is 0.271 e. The van der Waals surface area contributed by atoms with Crippen molar-refractivity contribution in [1.29, 1.82) is 0 Å². The number of hydrogen-bond acceptors (Lipinski definition) is 4. The highest BCUT2D eigenvalue weighted by atomic mass is 35.5. The first-order valence-electron chi connectivity index (χ1n) is 9.19. The zero-order valence-corrected chi connectivity index (χ0v) is 17.6. The molecule has 0 aliphatic heterocycles. The highest BCUT2D eigenvalue weighted by Gasteiger charge is 2.10. The van der Waals surface area contributed by atoms with Crippen LogP contribution in [0.4, 0.5) is 11.4 Å². The van der Waals surface area contributed by atoms with Crippen LogP contribution in [0.25, 0.3) is 0 Å². The van der Waals surface area contributed by atoms with Crippen LogP contribution in [0.1, 0.15) is 16.7 Å². The molecule has 3 rings (SSSR count). The Bertz CT molecular complexity index is 1030. The Balaban J connectivity index is 1.51. The Kier molecular flexibility index (Phi) is 7.73. The van der Waals surface area contributed by atoms with E-state index < -0.39 is 4.92 Å². The van der Waals surface area contributed by atoms with Crippen LogP contribution in [0.3, 0.4) is 0 Å². The highest BCUT2D eigenvalue weighted by Crippen LogP contribution is 2.26. The predicted octanol–water partition coefficient (Wildman–Crippen LogP) is 5.45. The van der Waals surface area contributed by atoms with Gasteiger partial charge in [-0.25, -0.2) is 0 Å². The van der Waals surface area contributed by atoms with Gasteiger partial charge in [0, 0.05) is 18.7 Å². The lowest BCUT2D eigenvalue weighted by Crippen LogP contribution is -2.28. The third-order valence-electron chi connectivity index (χ3n) is 4.23. The van der Waals surface area contributed by atoms with E-state index in [-0.39, 0.29) is 5.69 Å². The van der Waals surface area contributed by atoms with Gasteiger partial charge in [-0.3, -0.25) is 10.1 Å². The minimum atomic E-state index is -0.483. The van der Waals surface area contributed by atoms with E-state index in [0.29, 0.717) is 35.6 Å². The number of rotatable bonds is 8. The Morgan fingerprint density at radius 1 is 0.967 bits per heavy atom. The van der Waals surface area contributed by atoms with Crippen LogP contribution in [0.5, 0.6) is 0 Å². The summed E-state index contributed by atoms with van der Waals surface area (Å²) in [5, 5.41) is 17.6. The van der Waals surface area contributed by atoms with Crippen molar-refractivity contribution in [2.24, 2.45) is 0 Å². The average molecular weight is 442 g/mol. The number of nitrogens with zero attached hydrogens (tertiary/aromatic N) is 1. The van der Waals surface area contributed by atoms with Gasteiger partial charge in [-0.2, -0.15) is 0 Å². The molecule has 0 fully saturated rings. The third-order valence-corrected chi connectivity index (χ3v) is 4.81. The minimum Gasteiger partial charge on any atom is -0.372 e. The van der Waals surface area contributed by atoms with Crippen molar-refractivity contribution < 1.29 is 9.66 Å². The first-order valence-corrected chi connectivity index (χ1v) is 9.98. The number of non-ortho nitro benzene ring substituents is 1. The number of halogens is 1. The largest absolute Gasteiger partial charge is 0.372 e. The summed E-state index contributed by atoms with van der Waals surface area (Å²) < 4.78 is 5.78. The predicted molar refractivity (Wildman–Crippen MR) is 123 cm³/mol. The number of anilines is 1. The molecule has 2 N–H and O–H groups in total. The van der Waals surface area contributed by atoms with Crippen molar-refractivity contribution >= 4 is 40.3 Å². The summed E-state index contributed by atoms with van der Waals surface area (Å²) in [6, 6.07) is 22.2. The summed E-state index contributed by atoms with van der Waals surface area (Å²) in [4.78, 5) is 10.4. The van der Waals surface area contributed by atoms with Gasteiger partial charge in [-0.15, -0.1) is 0 Å². The van der Waals surface area contributed by atoms with Crippen molar-refractivity contribution in [2.75, 3.05) is 5.32 Å². The maximum atomic E-state index is 10.9. The van der Waals surface area contributed by atoms with Crippen molar-refractivity contribution in [3.63, 3.8) is 0 Å². The molecule has 0 saturated heterocycles. The van der Waals surface area contributed by atoms with E-state index in [1.807, 2.05) is 54.6 Å². The van der Waals surface area contributed by atoms with Gasteiger partial charge in [0.2, 0.25) is 0 Å². The van der Waals surface area contributed by atoms with E-state index in [2.05, 4.69) is 10.6 Å². The van der Waals surface area contributed by atoms with E-state index in [9.17, 15) is 10.1 Å². The lowest BCUT2D eigenvalue weighted by Gasteiger charge is -2.12. The fourth-order valence-electron chi connectivity index (χ4n) is 2.76. The molecule has 3 aromatic carbocycles. The number of ether oxygens (including phenoxy) is 1. The molecule has 3 aromatic rings. The molecule has 0 saturated carbocycles. The summed E-state index contributed by atoms with van der Waals surface area (Å²) in [5.41, 5.74) is 3.54. The van der Waals surface area contributed by atoms with Crippen molar-refractivity contribution in [1.82, 2.24) is 5.32 Å². The maximum Gasteiger partial charge on any atom is 0.271 e. The maximum absolute atomic E-state index is 10.9. The SMILES string of the molecule is O=[N+]([O-])c1ccc(Cl)c(NC(=S)NCc2cccc(COCc3ccccc3)c2)c1. The van der Waals surface area contributed by atoms with Crippen molar-refractivity contribution in [3.05, 3.63) is 105 Å². The Morgan fingerprint density at radius 2 is 1.67 bits per heavy atom. The molecule has 0 atom stereocenters. The van der Waals surface area contributed by atoms with Gasteiger partial charge in [-0.1, -0.05) is 66.2 Å². The second kappa shape index (κ2) is 10.7. The van der Waals surface area contributed by atoms with Crippen LogP contribution in [-0.4, -0.2) is 10.0 Å². The first-order chi connectivity index (χ1) is 14.5.